The SMILES string of the molecule is CCOC(=O)c1ccc(CC(=O)Cc2ccccc2NS(=O)(=O)c2ccc(C)cc2)cc1.CCOC(=O)c1ccc(CC(=O)Oc2ccccc2)cc1.Cc1ccc(S(=O)(=O)Nc2ccccc2N)cc1. The van der Waals surface area contributed by atoms with E-state index in [1.54, 1.807) is 184 Å². The van der Waals surface area contributed by atoms with E-state index in [9.17, 15) is 36.0 Å². The van der Waals surface area contributed by atoms with Gasteiger partial charge in [0.25, 0.3) is 20.0 Å². The Bertz CT molecular complexity index is 3110. The van der Waals surface area contributed by atoms with E-state index in [-0.39, 0.29) is 46.8 Å². The number of anilines is 3. The van der Waals surface area contributed by atoms with Gasteiger partial charge in [-0.2, -0.15) is 0 Å². The van der Waals surface area contributed by atoms with Crippen LogP contribution >= 0.6 is 0 Å². The molecule has 0 bridgehead atoms. The smallest absolute Gasteiger partial charge is 0.338 e. The number of nitrogens with one attached hydrogen (secondary N) is 2. The fraction of sp³-hybridized carbons (Fsp3) is 0.164. The minimum atomic E-state index is -3.77. The van der Waals surface area contributed by atoms with Crippen molar-refractivity contribution in [2.45, 2.75) is 56.7 Å². The highest BCUT2D eigenvalue weighted by atomic mass is 32.2. The molecule has 0 aliphatic heterocycles. The van der Waals surface area contributed by atoms with Crippen molar-refractivity contribution in [3.63, 3.8) is 0 Å². The molecule has 0 atom stereocenters. The number of nitrogens with two attached hydrogens (primary N) is 1. The lowest BCUT2D eigenvalue weighted by molar-refractivity contribution is -0.133. The Morgan fingerprint density at radius 1 is 0.479 bits per heavy atom. The number of hydrogen-bond donors (Lipinski definition) is 3. The third kappa shape index (κ3) is 17.1. The van der Waals surface area contributed by atoms with Gasteiger partial charge in [0.05, 0.1) is 57.6 Å². The van der Waals surface area contributed by atoms with E-state index in [4.69, 9.17) is 19.9 Å². The number of esters is 3. The van der Waals surface area contributed by atoms with Crippen molar-refractivity contribution >= 4 is 60.8 Å². The predicted octanol–water partition coefficient (Wildman–Crippen LogP) is 9.72. The summed E-state index contributed by atoms with van der Waals surface area (Å²) in [5.41, 5.74) is 11.9. The van der Waals surface area contributed by atoms with Crippen LogP contribution in [0.25, 0.3) is 0 Å². The van der Waals surface area contributed by atoms with Gasteiger partial charge in [0, 0.05) is 12.8 Å². The molecular weight excluding hydrogens is 943 g/mol. The van der Waals surface area contributed by atoms with Crippen LogP contribution in [0.1, 0.15) is 62.4 Å². The highest BCUT2D eigenvalue weighted by Gasteiger charge is 2.18. The van der Waals surface area contributed by atoms with E-state index in [2.05, 4.69) is 9.44 Å². The minimum absolute atomic E-state index is 0.0733. The zero-order valence-electron chi connectivity index (χ0n) is 39.7. The Labute approximate surface area is 414 Å². The maximum Gasteiger partial charge on any atom is 0.338 e. The lowest BCUT2D eigenvalue weighted by Crippen LogP contribution is -2.15. The summed E-state index contributed by atoms with van der Waals surface area (Å²) in [4.78, 5) is 48.1. The quantitative estimate of drug-likeness (QED) is 0.0442. The molecule has 0 spiro atoms. The first-order valence-corrected chi connectivity index (χ1v) is 25.3. The summed E-state index contributed by atoms with van der Waals surface area (Å²) in [6.45, 7) is 7.92. The topological polar surface area (TPSA) is 214 Å². The van der Waals surface area contributed by atoms with E-state index in [1.165, 1.54) is 0 Å². The second kappa shape index (κ2) is 26.1. The maximum atomic E-state index is 12.7. The normalized spacial score (nSPS) is 10.8. The third-order valence-electron chi connectivity index (χ3n) is 10.2. The number of rotatable bonds is 17. The van der Waals surface area contributed by atoms with Gasteiger partial charge in [0.15, 0.2) is 0 Å². The molecule has 7 aromatic carbocycles. The molecule has 0 aliphatic carbocycles. The molecule has 368 valence electrons. The van der Waals surface area contributed by atoms with Crippen molar-refractivity contribution in [3.05, 3.63) is 215 Å². The standard InChI is InChI=1S/C25H25NO5S.C17H16O4.C13H14N2O2S/c1-3-31-25(28)20-12-10-19(11-13-20)16-22(27)17-21-6-4-5-7-24(21)26-32(29,30)23-14-8-18(2)9-15-23;1-2-20-17(19)14-10-8-13(9-11-14)12-16(18)21-15-6-4-3-5-7-15;1-10-6-8-11(9-7-10)18(16,17)15-13-5-3-2-4-12(13)14/h4-15,26H,3,16-17H2,1-2H3;3-11H,2,12H2,1H3;2-9,15H,14H2,1H3. The molecule has 0 aliphatic rings. The number of nitrogen functional groups attached to an aromatic ring is 1. The number of carbonyl (C=O) groups is 4. The first-order chi connectivity index (χ1) is 34.0. The Hall–Kier alpha value is -8.08. The average Bonchev–Trinajstić information content (AvgIpc) is 3.34. The largest absolute Gasteiger partial charge is 0.462 e. The van der Waals surface area contributed by atoms with Crippen molar-refractivity contribution in [2.75, 3.05) is 28.4 Å². The van der Waals surface area contributed by atoms with Crippen LogP contribution in [0.2, 0.25) is 0 Å². The van der Waals surface area contributed by atoms with Gasteiger partial charge < -0.3 is 19.9 Å². The van der Waals surface area contributed by atoms with Crippen LogP contribution in [0.4, 0.5) is 17.1 Å². The molecule has 0 aromatic heterocycles. The molecule has 7 rings (SSSR count). The van der Waals surface area contributed by atoms with E-state index in [1.807, 2.05) is 19.9 Å². The van der Waals surface area contributed by atoms with Gasteiger partial charge in [0.1, 0.15) is 11.5 Å². The fourth-order valence-corrected chi connectivity index (χ4v) is 8.67. The van der Waals surface area contributed by atoms with Gasteiger partial charge >= 0.3 is 17.9 Å². The lowest BCUT2D eigenvalue weighted by Gasteiger charge is -2.13. The molecule has 16 heteroatoms. The minimum Gasteiger partial charge on any atom is -0.462 e. The maximum absolute atomic E-state index is 12.7. The summed E-state index contributed by atoms with van der Waals surface area (Å²) < 4.78 is 69.8. The number of sulfonamides is 2. The van der Waals surface area contributed by atoms with E-state index in [0.717, 1.165) is 22.3 Å². The van der Waals surface area contributed by atoms with Crippen LogP contribution < -0.4 is 19.9 Å². The summed E-state index contributed by atoms with van der Waals surface area (Å²) in [5.74, 6) is -0.664. The van der Waals surface area contributed by atoms with E-state index in [0.29, 0.717) is 52.7 Å². The zero-order valence-corrected chi connectivity index (χ0v) is 41.3. The van der Waals surface area contributed by atoms with Gasteiger partial charge in [-0.25, -0.2) is 26.4 Å². The molecule has 71 heavy (non-hydrogen) atoms. The predicted molar refractivity (Wildman–Crippen MR) is 274 cm³/mol. The van der Waals surface area contributed by atoms with Gasteiger partial charge in [0.2, 0.25) is 0 Å². The summed E-state index contributed by atoms with van der Waals surface area (Å²) >= 11 is 0. The van der Waals surface area contributed by atoms with Gasteiger partial charge in [-0.3, -0.25) is 19.0 Å². The highest BCUT2D eigenvalue weighted by molar-refractivity contribution is 7.93. The van der Waals surface area contributed by atoms with E-state index >= 15 is 0 Å². The van der Waals surface area contributed by atoms with Crippen LogP contribution in [-0.4, -0.2) is 53.7 Å². The van der Waals surface area contributed by atoms with Crippen molar-refractivity contribution in [1.29, 1.82) is 0 Å². The lowest BCUT2D eigenvalue weighted by atomic mass is 10.0. The number of Topliss-reactive ketones (excluding diaryl/α,β-unsaturated/α-hetero) is 1. The molecule has 7 aromatic rings. The van der Waals surface area contributed by atoms with Crippen molar-refractivity contribution in [2.24, 2.45) is 0 Å². The van der Waals surface area contributed by atoms with Crippen molar-refractivity contribution < 1.29 is 50.2 Å². The van der Waals surface area contributed by atoms with Crippen LogP contribution in [0, 0.1) is 13.8 Å². The van der Waals surface area contributed by atoms with Crippen LogP contribution in [0.15, 0.2) is 186 Å². The molecule has 4 N–H and O–H groups in total. The van der Waals surface area contributed by atoms with Gasteiger partial charge in [-0.1, -0.05) is 108 Å². The van der Waals surface area contributed by atoms with Crippen LogP contribution in [-0.2, 0) is 58.4 Å². The molecular formula is C55H55N3O11S2. The highest BCUT2D eigenvalue weighted by Crippen LogP contribution is 2.24. The number of ether oxygens (including phenoxy) is 3. The average molecular weight is 998 g/mol. The van der Waals surface area contributed by atoms with Gasteiger partial charge in [-0.05, 0) is 123 Å². The summed E-state index contributed by atoms with van der Waals surface area (Å²) in [5, 5.41) is 0. The molecule has 0 saturated heterocycles. The number of aryl methyl sites for hydroxylation is 2. The summed E-state index contributed by atoms with van der Waals surface area (Å²) in [6, 6.07) is 49.1. The first-order valence-electron chi connectivity index (χ1n) is 22.4. The molecule has 0 radical (unpaired) electrons. The molecule has 0 fully saturated rings. The van der Waals surface area contributed by atoms with Crippen molar-refractivity contribution in [1.82, 2.24) is 0 Å². The number of carbonyl (C=O) groups excluding carboxylic acids is 4. The van der Waals surface area contributed by atoms with Gasteiger partial charge in [-0.15, -0.1) is 0 Å². The molecule has 0 heterocycles. The van der Waals surface area contributed by atoms with E-state index < -0.39 is 26.0 Å². The number of benzene rings is 7. The number of ketones is 1. The zero-order chi connectivity index (χ0) is 51.4. The van der Waals surface area contributed by atoms with Crippen LogP contribution in [0.5, 0.6) is 5.75 Å². The number of hydrogen-bond acceptors (Lipinski definition) is 12. The summed E-state index contributed by atoms with van der Waals surface area (Å²) in [6.07, 6.45) is 0.395. The third-order valence-corrected chi connectivity index (χ3v) is 12.9. The first kappa shape index (κ1) is 53.9. The summed E-state index contributed by atoms with van der Waals surface area (Å²) in [7, 11) is -7.35. The molecule has 0 amide bonds. The molecule has 0 saturated carbocycles. The molecule has 14 nitrogen and oxygen atoms in total. The Kier molecular flexibility index (Phi) is 19.8. The molecule has 0 unspecified atom stereocenters. The number of para-hydroxylation sites is 4. The second-order valence-corrected chi connectivity index (χ2v) is 19.1. The second-order valence-electron chi connectivity index (χ2n) is 15.8. The Morgan fingerprint density at radius 2 is 0.901 bits per heavy atom. The van der Waals surface area contributed by atoms with Crippen LogP contribution in [0.3, 0.4) is 0 Å². The monoisotopic (exact) mass is 997 g/mol. The van der Waals surface area contributed by atoms with Crippen molar-refractivity contribution in [3.8, 4) is 5.75 Å². The Balaban J connectivity index is 0.000000209. The Morgan fingerprint density at radius 3 is 1.38 bits per heavy atom. The fourth-order valence-electron chi connectivity index (χ4n) is 6.48.